The molecule has 23 heavy (non-hydrogen) atoms. The highest BCUT2D eigenvalue weighted by atomic mass is 16.5. The van der Waals surface area contributed by atoms with Crippen molar-refractivity contribution in [2.75, 3.05) is 6.61 Å². The van der Waals surface area contributed by atoms with Crippen LogP contribution in [0.15, 0.2) is 0 Å². The lowest BCUT2D eigenvalue weighted by Gasteiger charge is -2.45. The number of piperidine rings is 1. The van der Waals surface area contributed by atoms with Crippen LogP contribution in [0.2, 0.25) is 0 Å². The molecule has 3 aliphatic heterocycles. The summed E-state index contributed by atoms with van der Waals surface area (Å²) in [5.74, 6) is -1.25. The summed E-state index contributed by atoms with van der Waals surface area (Å²) in [7, 11) is 0. The quantitative estimate of drug-likeness (QED) is 0.643. The zero-order valence-corrected chi connectivity index (χ0v) is 13.1. The standard InChI is InChI=1S/C16H23N5O2/c17-8-10-13(12-4-3-7-23-12)11(9-18)15(22)21-14(10)19-16(20-21)5-1-2-6-16/h10-15,19-20,22H,1-7H2. The van der Waals surface area contributed by atoms with Gasteiger partial charge < -0.3 is 9.84 Å². The number of aliphatic hydroxyl groups is 1. The van der Waals surface area contributed by atoms with Crippen LogP contribution >= 0.6 is 0 Å². The van der Waals surface area contributed by atoms with E-state index in [0.29, 0.717) is 6.61 Å². The molecule has 6 unspecified atom stereocenters. The van der Waals surface area contributed by atoms with E-state index in [9.17, 15) is 15.6 Å². The van der Waals surface area contributed by atoms with Gasteiger partial charge in [-0.25, -0.2) is 5.43 Å². The Morgan fingerprint density at radius 3 is 2.48 bits per heavy atom. The molecule has 0 radical (unpaired) electrons. The van der Waals surface area contributed by atoms with E-state index >= 15 is 0 Å². The van der Waals surface area contributed by atoms with Gasteiger partial charge >= 0.3 is 0 Å². The van der Waals surface area contributed by atoms with Crippen molar-refractivity contribution in [3.8, 4) is 12.1 Å². The molecular formula is C16H23N5O2. The van der Waals surface area contributed by atoms with Gasteiger partial charge in [-0.1, -0.05) is 12.8 Å². The topological polar surface area (TPSA) is 104 Å². The zero-order valence-electron chi connectivity index (χ0n) is 13.1. The van der Waals surface area contributed by atoms with Gasteiger partial charge in [-0.05, 0) is 25.7 Å². The molecule has 1 saturated carbocycles. The van der Waals surface area contributed by atoms with Crippen molar-refractivity contribution in [1.82, 2.24) is 15.8 Å². The largest absolute Gasteiger partial charge is 0.378 e. The number of nitrogens with one attached hydrogen (secondary N) is 2. The first-order valence-corrected chi connectivity index (χ1v) is 8.62. The molecule has 7 nitrogen and oxygen atoms in total. The number of fused-ring (bicyclic) bond motifs is 1. The van der Waals surface area contributed by atoms with E-state index in [-0.39, 0.29) is 29.8 Å². The zero-order chi connectivity index (χ0) is 16.0. The normalized spacial score (nSPS) is 45.7. The number of hydrazine groups is 1. The SMILES string of the molecule is N#CC1C(C2CCCO2)C(C#N)C2NC3(CCCC3)NN2C1O. The molecule has 1 spiro atoms. The highest BCUT2D eigenvalue weighted by Crippen LogP contribution is 2.44. The van der Waals surface area contributed by atoms with Gasteiger partial charge in [0.05, 0.1) is 41.9 Å². The average molecular weight is 317 g/mol. The number of hydrogen-bond donors (Lipinski definition) is 3. The summed E-state index contributed by atoms with van der Waals surface area (Å²) in [5.41, 5.74) is 3.16. The molecule has 4 fully saturated rings. The van der Waals surface area contributed by atoms with E-state index in [4.69, 9.17) is 4.74 Å². The number of nitrogens with zero attached hydrogens (tertiary/aromatic N) is 3. The van der Waals surface area contributed by atoms with Crippen molar-refractivity contribution in [2.45, 2.75) is 62.7 Å². The summed E-state index contributed by atoms with van der Waals surface area (Å²) in [6.45, 7) is 0.678. The van der Waals surface area contributed by atoms with Gasteiger partial charge in [0.25, 0.3) is 0 Å². The van der Waals surface area contributed by atoms with Gasteiger partial charge in [0, 0.05) is 12.5 Å². The van der Waals surface area contributed by atoms with Crippen LogP contribution in [-0.2, 0) is 4.74 Å². The number of nitriles is 2. The second-order valence-corrected chi connectivity index (χ2v) is 7.25. The molecular weight excluding hydrogens is 294 g/mol. The fourth-order valence-corrected chi connectivity index (χ4v) is 4.91. The monoisotopic (exact) mass is 317 g/mol. The lowest BCUT2D eigenvalue weighted by Crippen LogP contribution is -2.62. The van der Waals surface area contributed by atoms with Crippen LogP contribution in [0.4, 0.5) is 0 Å². The first-order chi connectivity index (χ1) is 11.2. The minimum atomic E-state index is -0.920. The van der Waals surface area contributed by atoms with Crippen molar-refractivity contribution in [1.29, 1.82) is 10.5 Å². The molecule has 6 atom stereocenters. The van der Waals surface area contributed by atoms with E-state index in [0.717, 1.165) is 38.5 Å². The summed E-state index contributed by atoms with van der Waals surface area (Å²) >= 11 is 0. The molecule has 3 N–H and O–H groups in total. The van der Waals surface area contributed by atoms with Crippen molar-refractivity contribution in [2.24, 2.45) is 17.8 Å². The summed E-state index contributed by atoms with van der Waals surface area (Å²) < 4.78 is 5.79. The Balaban J connectivity index is 1.67. The lowest BCUT2D eigenvalue weighted by atomic mass is 9.72. The van der Waals surface area contributed by atoms with Gasteiger partial charge in [0.2, 0.25) is 0 Å². The average Bonchev–Trinajstić information content (AvgIpc) is 3.29. The molecule has 0 amide bonds. The van der Waals surface area contributed by atoms with Gasteiger partial charge in [0.15, 0.2) is 0 Å². The van der Waals surface area contributed by atoms with Gasteiger partial charge in [-0.15, -0.1) is 0 Å². The van der Waals surface area contributed by atoms with E-state index in [2.05, 4.69) is 22.9 Å². The predicted molar refractivity (Wildman–Crippen MR) is 79.8 cm³/mol. The molecule has 0 aromatic rings. The van der Waals surface area contributed by atoms with E-state index < -0.39 is 12.1 Å². The number of ether oxygens (including phenoxy) is 1. The van der Waals surface area contributed by atoms with Gasteiger partial charge in [-0.2, -0.15) is 15.5 Å². The fourth-order valence-electron chi connectivity index (χ4n) is 4.91. The maximum Gasteiger partial charge on any atom is 0.137 e. The smallest absolute Gasteiger partial charge is 0.137 e. The highest BCUT2D eigenvalue weighted by molar-refractivity contribution is 5.14. The Bertz CT molecular complexity index is 544. The fraction of sp³-hybridized carbons (Fsp3) is 0.875. The Hall–Kier alpha value is -1.22. The molecule has 3 heterocycles. The van der Waals surface area contributed by atoms with Crippen LogP contribution in [0.3, 0.4) is 0 Å². The minimum Gasteiger partial charge on any atom is -0.378 e. The van der Waals surface area contributed by atoms with Crippen molar-refractivity contribution < 1.29 is 9.84 Å². The third-order valence-electron chi connectivity index (χ3n) is 5.99. The number of aliphatic hydroxyl groups excluding tert-OH is 1. The predicted octanol–water partition coefficient (Wildman–Crippen LogP) is 0.399. The van der Waals surface area contributed by atoms with Crippen molar-refractivity contribution in [3.63, 3.8) is 0 Å². The third-order valence-corrected chi connectivity index (χ3v) is 5.99. The van der Waals surface area contributed by atoms with Crippen LogP contribution < -0.4 is 10.7 Å². The van der Waals surface area contributed by atoms with Gasteiger partial charge in [0.1, 0.15) is 6.23 Å². The molecule has 0 aromatic carbocycles. The van der Waals surface area contributed by atoms with E-state index in [1.165, 1.54) is 0 Å². The van der Waals surface area contributed by atoms with Crippen LogP contribution in [0.25, 0.3) is 0 Å². The van der Waals surface area contributed by atoms with Crippen LogP contribution in [0.5, 0.6) is 0 Å². The van der Waals surface area contributed by atoms with Crippen LogP contribution in [0.1, 0.15) is 38.5 Å². The summed E-state index contributed by atoms with van der Waals surface area (Å²) in [5, 5.41) is 35.5. The molecule has 0 aromatic heterocycles. The Morgan fingerprint density at radius 1 is 1.13 bits per heavy atom. The number of rotatable bonds is 1. The number of hydrogen-bond acceptors (Lipinski definition) is 7. The van der Waals surface area contributed by atoms with Crippen molar-refractivity contribution >= 4 is 0 Å². The lowest BCUT2D eigenvalue weighted by molar-refractivity contribution is -0.149. The summed E-state index contributed by atoms with van der Waals surface area (Å²) in [6.07, 6.45) is 4.73. The highest BCUT2D eigenvalue weighted by Gasteiger charge is 2.59. The maximum absolute atomic E-state index is 10.8. The molecule has 1 aliphatic carbocycles. The maximum atomic E-state index is 10.8. The van der Waals surface area contributed by atoms with Gasteiger partial charge in [-0.3, -0.25) is 5.32 Å². The summed E-state index contributed by atoms with van der Waals surface area (Å²) in [4.78, 5) is 0. The van der Waals surface area contributed by atoms with E-state index in [1.54, 1.807) is 5.01 Å². The molecule has 3 saturated heterocycles. The Labute approximate surface area is 136 Å². The molecule has 0 bridgehead atoms. The van der Waals surface area contributed by atoms with Crippen LogP contribution in [-0.4, -0.2) is 40.9 Å². The third kappa shape index (κ3) is 2.27. The first kappa shape index (κ1) is 15.3. The Morgan fingerprint density at radius 2 is 1.87 bits per heavy atom. The van der Waals surface area contributed by atoms with Crippen molar-refractivity contribution in [3.05, 3.63) is 0 Å². The molecule has 4 rings (SSSR count). The minimum absolute atomic E-state index is 0.108. The summed E-state index contributed by atoms with van der Waals surface area (Å²) in [6, 6.07) is 4.65. The molecule has 124 valence electrons. The molecule has 7 heteroatoms. The van der Waals surface area contributed by atoms with E-state index in [1.807, 2.05) is 0 Å². The molecule has 4 aliphatic rings. The Kier molecular flexibility index (Phi) is 3.79. The van der Waals surface area contributed by atoms with Crippen LogP contribution in [0, 0.1) is 40.4 Å². The second kappa shape index (κ2) is 5.70. The second-order valence-electron chi connectivity index (χ2n) is 7.25. The first-order valence-electron chi connectivity index (χ1n) is 8.62.